The van der Waals surface area contributed by atoms with Gasteiger partial charge in [-0.05, 0) is 37.6 Å². The second-order valence-corrected chi connectivity index (χ2v) is 5.52. The van der Waals surface area contributed by atoms with Crippen LogP contribution < -0.4 is 10.2 Å². The van der Waals surface area contributed by atoms with Gasteiger partial charge in [-0.25, -0.2) is 4.39 Å². The zero-order valence-electron chi connectivity index (χ0n) is 13.9. The fourth-order valence-corrected chi connectivity index (χ4v) is 2.43. The molecule has 0 aliphatic carbocycles. The van der Waals surface area contributed by atoms with Crippen molar-refractivity contribution < 1.29 is 14.0 Å². The van der Waals surface area contributed by atoms with Crippen molar-refractivity contribution in [1.82, 2.24) is 5.32 Å². The molecule has 0 aliphatic rings. The number of aryl methyl sites for hydroxylation is 1. The van der Waals surface area contributed by atoms with E-state index in [9.17, 15) is 14.0 Å². The fraction of sp³-hybridized carbons (Fsp3) is 0.263. The minimum Gasteiger partial charge on any atom is -0.351 e. The highest BCUT2D eigenvalue weighted by molar-refractivity contribution is 6.04. The molecule has 2 aromatic rings. The lowest BCUT2D eigenvalue weighted by Gasteiger charge is -2.21. The third-order valence-corrected chi connectivity index (χ3v) is 3.68. The molecule has 4 nitrogen and oxygen atoms in total. The molecule has 0 saturated carbocycles. The molecule has 0 bridgehead atoms. The molecule has 0 spiro atoms. The van der Waals surface area contributed by atoms with E-state index < -0.39 is 5.91 Å². The van der Waals surface area contributed by atoms with Crippen molar-refractivity contribution >= 4 is 17.5 Å². The van der Waals surface area contributed by atoms with Gasteiger partial charge in [-0.1, -0.05) is 30.3 Å². The van der Waals surface area contributed by atoms with Crippen LogP contribution in [-0.2, 0) is 16.1 Å². The standard InChI is InChI=1S/C19H21FN2O2/c1-3-22(16-9-6-7-14(2)11-16)19(24)12-18(23)21-13-15-8-4-5-10-17(15)20/h4-11H,3,12-13H2,1-2H3,(H,21,23). The number of amides is 2. The van der Waals surface area contributed by atoms with Crippen LogP contribution in [0.15, 0.2) is 48.5 Å². The van der Waals surface area contributed by atoms with Gasteiger partial charge in [0, 0.05) is 24.3 Å². The fourth-order valence-electron chi connectivity index (χ4n) is 2.43. The van der Waals surface area contributed by atoms with Gasteiger partial charge in [0.15, 0.2) is 0 Å². The normalized spacial score (nSPS) is 10.3. The maximum atomic E-state index is 13.5. The summed E-state index contributed by atoms with van der Waals surface area (Å²) in [7, 11) is 0. The molecule has 2 aromatic carbocycles. The first-order chi connectivity index (χ1) is 11.5. The highest BCUT2D eigenvalue weighted by Crippen LogP contribution is 2.16. The van der Waals surface area contributed by atoms with Gasteiger partial charge in [0.25, 0.3) is 0 Å². The van der Waals surface area contributed by atoms with Gasteiger partial charge in [-0.3, -0.25) is 9.59 Å². The van der Waals surface area contributed by atoms with Crippen molar-refractivity contribution in [3.05, 3.63) is 65.5 Å². The Kier molecular flexibility index (Phi) is 6.07. The summed E-state index contributed by atoms with van der Waals surface area (Å²) in [6.07, 6.45) is -0.268. The molecule has 0 saturated heterocycles. The molecule has 0 aromatic heterocycles. The number of nitrogens with zero attached hydrogens (tertiary/aromatic N) is 1. The summed E-state index contributed by atoms with van der Waals surface area (Å²) in [5, 5.41) is 2.59. The third-order valence-electron chi connectivity index (χ3n) is 3.68. The summed E-state index contributed by atoms with van der Waals surface area (Å²) in [5.41, 5.74) is 2.21. The molecule has 1 N–H and O–H groups in total. The molecular formula is C19H21FN2O2. The maximum absolute atomic E-state index is 13.5. The molecule has 0 atom stereocenters. The predicted octanol–water partition coefficient (Wildman–Crippen LogP) is 3.19. The summed E-state index contributed by atoms with van der Waals surface area (Å²) < 4.78 is 13.5. The number of hydrogen-bond acceptors (Lipinski definition) is 2. The summed E-state index contributed by atoms with van der Waals surface area (Å²) in [4.78, 5) is 25.9. The summed E-state index contributed by atoms with van der Waals surface area (Å²) in [6, 6.07) is 13.8. The summed E-state index contributed by atoms with van der Waals surface area (Å²) in [6.45, 7) is 4.35. The van der Waals surface area contributed by atoms with E-state index in [2.05, 4.69) is 5.32 Å². The van der Waals surface area contributed by atoms with Gasteiger partial charge in [0.2, 0.25) is 11.8 Å². The first-order valence-electron chi connectivity index (χ1n) is 7.88. The molecule has 126 valence electrons. The molecule has 2 rings (SSSR count). The van der Waals surface area contributed by atoms with E-state index in [-0.39, 0.29) is 24.7 Å². The quantitative estimate of drug-likeness (QED) is 0.828. The van der Waals surface area contributed by atoms with Gasteiger partial charge in [0.1, 0.15) is 12.2 Å². The van der Waals surface area contributed by atoms with E-state index in [1.807, 2.05) is 38.1 Å². The van der Waals surface area contributed by atoms with Gasteiger partial charge in [0.05, 0.1) is 0 Å². The minimum absolute atomic E-state index is 0.0648. The number of benzene rings is 2. The topological polar surface area (TPSA) is 49.4 Å². The van der Waals surface area contributed by atoms with Gasteiger partial charge >= 0.3 is 0 Å². The number of carbonyl (C=O) groups is 2. The van der Waals surface area contributed by atoms with E-state index >= 15 is 0 Å². The van der Waals surface area contributed by atoms with Crippen molar-refractivity contribution in [1.29, 1.82) is 0 Å². The van der Waals surface area contributed by atoms with E-state index in [4.69, 9.17) is 0 Å². The van der Waals surface area contributed by atoms with Crippen molar-refractivity contribution in [2.24, 2.45) is 0 Å². The van der Waals surface area contributed by atoms with Crippen molar-refractivity contribution in [2.75, 3.05) is 11.4 Å². The van der Waals surface area contributed by atoms with Crippen molar-refractivity contribution in [3.63, 3.8) is 0 Å². The molecule has 0 unspecified atom stereocenters. The molecule has 0 heterocycles. The number of anilines is 1. The van der Waals surface area contributed by atoms with Crippen LogP contribution in [0.4, 0.5) is 10.1 Å². The Morgan fingerprint density at radius 2 is 1.88 bits per heavy atom. The lowest BCUT2D eigenvalue weighted by Crippen LogP contribution is -2.35. The number of halogens is 1. The van der Waals surface area contributed by atoms with Crippen LogP contribution in [0.3, 0.4) is 0 Å². The highest BCUT2D eigenvalue weighted by atomic mass is 19.1. The maximum Gasteiger partial charge on any atom is 0.236 e. The van der Waals surface area contributed by atoms with E-state index in [0.717, 1.165) is 11.3 Å². The predicted molar refractivity (Wildman–Crippen MR) is 92.1 cm³/mol. The Balaban J connectivity index is 1.95. The van der Waals surface area contributed by atoms with Crippen LogP contribution >= 0.6 is 0 Å². The van der Waals surface area contributed by atoms with Crippen LogP contribution in [0, 0.1) is 12.7 Å². The van der Waals surface area contributed by atoms with Crippen LogP contribution in [0.25, 0.3) is 0 Å². The van der Waals surface area contributed by atoms with E-state index in [1.165, 1.54) is 6.07 Å². The van der Waals surface area contributed by atoms with Gasteiger partial charge in [-0.2, -0.15) is 0 Å². The molecule has 0 aliphatic heterocycles. The Bertz CT molecular complexity index is 731. The Morgan fingerprint density at radius 1 is 1.12 bits per heavy atom. The molecule has 0 fully saturated rings. The van der Waals surface area contributed by atoms with Gasteiger partial charge < -0.3 is 10.2 Å². The zero-order chi connectivity index (χ0) is 17.5. The van der Waals surface area contributed by atoms with Crippen LogP contribution in [-0.4, -0.2) is 18.4 Å². The first-order valence-corrected chi connectivity index (χ1v) is 7.88. The molecule has 2 amide bonds. The largest absolute Gasteiger partial charge is 0.351 e. The summed E-state index contributed by atoms with van der Waals surface area (Å²) in [5.74, 6) is -1.08. The molecule has 24 heavy (non-hydrogen) atoms. The molecular weight excluding hydrogens is 307 g/mol. The minimum atomic E-state index is -0.422. The van der Waals surface area contributed by atoms with Crippen LogP contribution in [0.1, 0.15) is 24.5 Å². The van der Waals surface area contributed by atoms with Crippen LogP contribution in [0.2, 0.25) is 0 Å². The van der Waals surface area contributed by atoms with Crippen molar-refractivity contribution in [2.45, 2.75) is 26.8 Å². The average Bonchev–Trinajstić information content (AvgIpc) is 2.55. The smallest absolute Gasteiger partial charge is 0.236 e. The van der Waals surface area contributed by atoms with E-state index in [0.29, 0.717) is 12.1 Å². The SMILES string of the molecule is CCN(C(=O)CC(=O)NCc1ccccc1F)c1cccc(C)c1. The van der Waals surface area contributed by atoms with Gasteiger partial charge in [-0.15, -0.1) is 0 Å². The van der Waals surface area contributed by atoms with Crippen LogP contribution in [0.5, 0.6) is 0 Å². The number of carbonyl (C=O) groups excluding carboxylic acids is 2. The lowest BCUT2D eigenvalue weighted by molar-refractivity contribution is -0.128. The number of rotatable bonds is 6. The lowest BCUT2D eigenvalue weighted by atomic mass is 10.2. The second kappa shape index (κ2) is 8.24. The highest BCUT2D eigenvalue weighted by Gasteiger charge is 2.17. The first kappa shape index (κ1) is 17.7. The zero-order valence-corrected chi connectivity index (χ0v) is 13.9. The number of nitrogens with one attached hydrogen (secondary N) is 1. The Hall–Kier alpha value is -2.69. The summed E-state index contributed by atoms with van der Waals surface area (Å²) >= 11 is 0. The van der Waals surface area contributed by atoms with Crippen molar-refractivity contribution in [3.8, 4) is 0 Å². The average molecular weight is 328 g/mol. The van der Waals surface area contributed by atoms with E-state index in [1.54, 1.807) is 23.1 Å². The molecule has 5 heteroatoms. The Morgan fingerprint density at radius 3 is 2.54 bits per heavy atom. The second-order valence-electron chi connectivity index (χ2n) is 5.52. The monoisotopic (exact) mass is 328 g/mol. The third kappa shape index (κ3) is 4.65. The molecule has 0 radical (unpaired) electrons. The Labute approximate surface area is 141 Å². The number of hydrogen-bond donors (Lipinski definition) is 1.